The number of urea groups is 1. The molecule has 4 rings (SSSR count). The minimum Gasteiger partial charge on any atom is -0.332 e. The number of hydrogen-bond donors (Lipinski definition) is 2. The molecule has 0 spiro atoms. The van der Waals surface area contributed by atoms with E-state index in [0.29, 0.717) is 0 Å². The van der Waals surface area contributed by atoms with Gasteiger partial charge in [0, 0.05) is 6.54 Å². The van der Waals surface area contributed by atoms with Gasteiger partial charge in [0.2, 0.25) is 0 Å². The van der Waals surface area contributed by atoms with Gasteiger partial charge >= 0.3 is 6.03 Å². The van der Waals surface area contributed by atoms with Crippen molar-refractivity contribution in [2.75, 3.05) is 19.6 Å². The zero-order chi connectivity index (χ0) is 20.8. The highest BCUT2D eigenvalue weighted by molar-refractivity contribution is 5.75. The Morgan fingerprint density at radius 3 is 2.40 bits per heavy atom. The molecule has 2 amide bonds. The average Bonchev–Trinajstić information content (AvgIpc) is 3.48. The quantitative estimate of drug-likeness (QED) is 0.632. The smallest absolute Gasteiger partial charge is 0.315 e. The zero-order valence-corrected chi connectivity index (χ0v) is 17.2. The highest BCUT2D eigenvalue weighted by atomic mass is 16.2. The fraction of sp³-hybridized carbons (Fsp3) is 0.348. The third-order valence-corrected chi connectivity index (χ3v) is 5.57. The van der Waals surface area contributed by atoms with Crippen molar-refractivity contribution >= 4 is 6.03 Å². The summed E-state index contributed by atoms with van der Waals surface area (Å²) in [7, 11) is 0. The lowest BCUT2D eigenvalue weighted by atomic mass is 10.1. The van der Waals surface area contributed by atoms with E-state index in [1.807, 2.05) is 49.4 Å². The van der Waals surface area contributed by atoms with Gasteiger partial charge in [0.15, 0.2) is 0 Å². The van der Waals surface area contributed by atoms with Crippen molar-refractivity contribution < 1.29 is 4.79 Å². The van der Waals surface area contributed by atoms with Crippen molar-refractivity contribution in [3.63, 3.8) is 0 Å². The molecule has 2 atom stereocenters. The first-order valence-corrected chi connectivity index (χ1v) is 10.5. The van der Waals surface area contributed by atoms with Crippen molar-refractivity contribution in [2.24, 2.45) is 0 Å². The number of nitrogens with one attached hydrogen (secondary N) is 2. The molecule has 156 valence electrons. The number of likely N-dealkylation sites (tertiary alicyclic amines) is 1. The predicted molar refractivity (Wildman–Crippen MR) is 116 cm³/mol. The van der Waals surface area contributed by atoms with Gasteiger partial charge in [0.25, 0.3) is 0 Å². The second-order valence-corrected chi connectivity index (χ2v) is 7.74. The van der Waals surface area contributed by atoms with E-state index in [1.54, 1.807) is 11.0 Å². The number of carbonyl (C=O) groups excluding carboxylic acids is 1. The van der Waals surface area contributed by atoms with E-state index < -0.39 is 0 Å². The van der Waals surface area contributed by atoms with E-state index in [9.17, 15) is 4.79 Å². The van der Waals surface area contributed by atoms with Crippen LogP contribution in [-0.2, 0) is 0 Å². The molecule has 2 heterocycles. The number of hydrogen-bond acceptors (Lipinski definition) is 4. The van der Waals surface area contributed by atoms with Crippen LogP contribution in [0.15, 0.2) is 67.3 Å². The summed E-state index contributed by atoms with van der Waals surface area (Å²) in [5.74, 6) is 0. The number of nitrogens with zero attached hydrogens (tertiary/aromatic N) is 4. The van der Waals surface area contributed by atoms with E-state index >= 15 is 0 Å². The third kappa shape index (κ3) is 5.04. The Bertz CT molecular complexity index is 920. The summed E-state index contributed by atoms with van der Waals surface area (Å²) in [6, 6.07) is 17.8. The number of benzene rings is 2. The van der Waals surface area contributed by atoms with Gasteiger partial charge < -0.3 is 15.5 Å². The number of carbonyl (C=O) groups is 1. The molecule has 30 heavy (non-hydrogen) atoms. The highest BCUT2D eigenvalue weighted by Crippen LogP contribution is 2.19. The number of amides is 2. The van der Waals surface area contributed by atoms with Crippen LogP contribution >= 0.6 is 0 Å². The Morgan fingerprint density at radius 1 is 1.00 bits per heavy atom. The van der Waals surface area contributed by atoms with Crippen LogP contribution in [0.5, 0.6) is 0 Å². The molecule has 1 aliphatic rings. The molecule has 0 radical (unpaired) electrons. The van der Waals surface area contributed by atoms with Crippen LogP contribution in [0.25, 0.3) is 5.69 Å². The molecular formula is C23H28N6O. The van der Waals surface area contributed by atoms with Gasteiger partial charge in [-0.25, -0.2) is 14.5 Å². The fourth-order valence-electron chi connectivity index (χ4n) is 3.88. The van der Waals surface area contributed by atoms with Crippen LogP contribution in [0, 0.1) is 0 Å². The van der Waals surface area contributed by atoms with Gasteiger partial charge in [-0.1, -0.05) is 42.5 Å². The van der Waals surface area contributed by atoms with E-state index in [-0.39, 0.29) is 18.1 Å². The van der Waals surface area contributed by atoms with Crippen LogP contribution in [0.4, 0.5) is 4.79 Å². The minimum absolute atomic E-state index is 0.0359. The Kier molecular flexibility index (Phi) is 6.39. The topological polar surface area (TPSA) is 75.1 Å². The van der Waals surface area contributed by atoms with Gasteiger partial charge in [0.1, 0.15) is 12.7 Å². The molecule has 2 aromatic carbocycles. The summed E-state index contributed by atoms with van der Waals surface area (Å²) in [6.45, 7) is 5.02. The normalized spacial score (nSPS) is 16.2. The lowest BCUT2D eigenvalue weighted by molar-refractivity contribution is 0.226. The minimum atomic E-state index is -0.157. The summed E-state index contributed by atoms with van der Waals surface area (Å²) in [6.07, 6.45) is 5.63. The maximum absolute atomic E-state index is 12.8. The Morgan fingerprint density at radius 2 is 1.73 bits per heavy atom. The molecule has 1 aromatic heterocycles. The van der Waals surface area contributed by atoms with Gasteiger partial charge in [-0.15, -0.1) is 0 Å². The first kappa shape index (κ1) is 20.1. The fourth-order valence-corrected chi connectivity index (χ4v) is 3.88. The Hall–Kier alpha value is -3.19. The maximum Gasteiger partial charge on any atom is 0.315 e. The standard InChI is InChI=1S/C23H28N6O/c1-18(19-9-11-21(12-10-19)29-17-24-16-25-29)26-23(30)27-22(15-28-13-5-6-14-28)20-7-3-2-4-8-20/h2-4,7-12,16-18,22H,5-6,13-15H2,1H3,(H2,26,27,30). The summed E-state index contributed by atoms with van der Waals surface area (Å²) >= 11 is 0. The second kappa shape index (κ2) is 9.54. The molecule has 1 aliphatic heterocycles. The van der Waals surface area contributed by atoms with Crippen LogP contribution in [0.1, 0.15) is 43.0 Å². The number of aromatic nitrogens is 3. The van der Waals surface area contributed by atoms with Gasteiger partial charge in [-0.2, -0.15) is 5.10 Å². The molecule has 7 nitrogen and oxygen atoms in total. The maximum atomic E-state index is 12.8. The molecular weight excluding hydrogens is 376 g/mol. The molecule has 1 saturated heterocycles. The molecule has 0 bridgehead atoms. The summed E-state index contributed by atoms with van der Waals surface area (Å²) in [5, 5.41) is 10.4. The van der Waals surface area contributed by atoms with Crippen LogP contribution in [0.3, 0.4) is 0 Å². The molecule has 2 N–H and O–H groups in total. The SMILES string of the molecule is CC(NC(=O)NC(CN1CCCC1)c1ccccc1)c1ccc(-n2cncn2)cc1. The third-order valence-electron chi connectivity index (χ3n) is 5.57. The lowest BCUT2D eigenvalue weighted by Gasteiger charge is -2.26. The molecule has 0 saturated carbocycles. The molecule has 7 heteroatoms. The molecule has 1 fully saturated rings. The monoisotopic (exact) mass is 404 g/mol. The van der Waals surface area contributed by atoms with E-state index in [0.717, 1.165) is 36.4 Å². The summed E-state index contributed by atoms with van der Waals surface area (Å²) < 4.78 is 1.71. The largest absolute Gasteiger partial charge is 0.332 e. The van der Waals surface area contributed by atoms with Gasteiger partial charge in [-0.3, -0.25) is 0 Å². The van der Waals surface area contributed by atoms with Gasteiger partial charge in [0.05, 0.1) is 17.8 Å². The average molecular weight is 405 g/mol. The highest BCUT2D eigenvalue weighted by Gasteiger charge is 2.21. The Balaban J connectivity index is 1.38. The van der Waals surface area contributed by atoms with Crippen molar-refractivity contribution in [2.45, 2.75) is 31.8 Å². The Labute approximate surface area is 177 Å². The van der Waals surface area contributed by atoms with Gasteiger partial charge in [-0.05, 0) is 56.1 Å². The van der Waals surface area contributed by atoms with Crippen molar-refractivity contribution in [3.05, 3.63) is 78.4 Å². The molecule has 0 aliphatic carbocycles. The van der Waals surface area contributed by atoms with E-state index in [2.05, 4.69) is 37.7 Å². The van der Waals surface area contributed by atoms with Crippen molar-refractivity contribution in [3.8, 4) is 5.69 Å². The summed E-state index contributed by atoms with van der Waals surface area (Å²) in [5.41, 5.74) is 3.09. The molecule has 3 aromatic rings. The summed E-state index contributed by atoms with van der Waals surface area (Å²) in [4.78, 5) is 19.2. The lowest BCUT2D eigenvalue weighted by Crippen LogP contribution is -2.43. The van der Waals surface area contributed by atoms with Crippen LogP contribution in [-0.4, -0.2) is 45.3 Å². The zero-order valence-electron chi connectivity index (χ0n) is 17.2. The number of rotatable bonds is 7. The van der Waals surface area contributed by atoms with Crippen LogP contribution in [0.2, 0.25) is 0 Å². The van der Waals surface area contributed by atoms with E-state index in [4.69, 9.17) is 0 Å². The van der Waals surface area contributed by atoms with E-state index in [1.165, 1.54) is 19.2 Å². The first-order valence-electron chi connectivity index (χ1n) is 10.5. The van der Waals surface area contributed by atoms with Crippen molar-refractivity contribution in [1.82, 2.24) is 30.3 Å². The van der Waals surface area contributed by atoms with Crippen molar-refractivity contribution in [1.29, 1.82) is 0 Å². The van der Waals surface area contributed by atoms with Crippen LogP contribution < -0.4 is 10.6 Å². The second-order valence-electron chi connectivity index (χ2n) is 7.74. The predicted octanol–water partition coefficient (Wildman–Crippen LogP) is 3.46. The first-order chi connectivity index (χ1) is 14.7. The molecule has 2 unspecified atom stereocenters.